The van der Waals surface area contributed by atoms with Gasteiger partial charge in [0.25, 0.3) is 6.43 Å². The molecule has 0 aromatic carbocycles. The Bertz CT molecular complexity index is 606. The van der Waals surface area contributed by atoms with Crippen LogP contribution >= 0.6 is 23.5 Å². The zero-order chi connectivity index (χ0) is 18.7. The molecule has 24 heavy (non-hydrogen) atoms. The van der Waals surface area contributed by atoms with Crippen molar-refractivity contribution in [1.82, 2.24) is 4.98 Å². The Kier molecular flexibility index (Phi) is 7.33. The molecule has 1 aromatic heterocycles. The molecule has 3 nitrogen and oxygen atoms in total. The van der Waals surface area contributed by atoms with Gasteiger partial charge >= 0.3 is 12.1 Å². The highest BCUT2D eigenvalue weighted by molar-refractivity contribution is 8.15. The molecule has 0 saturated carbocycles. The second kappa shape index (κ2) is 8.37. The van der Waals surface area contributed by atoms with Crippen molar-refractivity contribution in [3.05, 3.63) is 22.5 Å². The first-order chi connectivity index (χ1) is 11.0. The van der Waals surface area contributed by atoms with Crippen molar-refractivity contribution in [2.75, 3.05) is 11.3 Å². The maximum absolute atomic E-state index is 13.3. The van der Waals surface area contributed by atoms with Crippen LogP contribution in [-0.2, 0) is 12.6 Å². The summed E-state index contributed by atoms with van der Waals surface area (Å²) in [5, 5.41) is 9.49. The number of hydrogen-bond acceptors (Lipinski definition) is 4. The molecule has 0 unspecified atom stereocenters. The number of carbonyl (C=O) groups is 1. The van der Waals surface area contributed by atoms with E-state index >= 15 is 0 Å². The van der Waals surface area contributed by atoms with Gasteiger partial charge in [-0.25, -0.2) is 18.6 Å². The van der Waals surface area contributed by atoms with Gasteiger partial charge in [0, 0.05) is 9.98 Å². The SMILES string of the molecule is CSCSc1c(C(F)(F)F)nc(C(F)F)c(C(=O)O)c1CC(C)C. The number of thioether (sulfide) groups is 2. The fourth-order valence-corrected chi connectivity index (χ4v) is 3.70. The van der Waals surface area contributed by atoms with Gasteiger partial charge in [-0.05, 0) is 24.2 Å². The Morgan fingerprint density at radius 1 is 1.29 bits per heavy atom. The molecule has 0 aliphatic rings. The minimum Gasteiger partial charge on any atom is -0.478 e. The highest BCUT2D eigenvalue weighted by Gasteiger charge is 2.40. The molecule has 1 aromatic rings. The summed E-state index contributed by atoms with van der Waals surface area (Å²) in [5.41, 5.74) is -3.83. The molecule has 0 amide bonds. The summed E-state index contributed by atoms with van der Waals surface area (Å²) in [5.74, 6) is -1.92. The monoisotopic (exact) mass is 389 g/mol. The molecule has 0 saturated heterocycles. The van der Waals surface area contributed by atoms with Gasteiger partial charge in [-0.15, -0.1) is 11.8 Å². The summed E-state index contributed by atoms with van der Waals surface area (Å²) >= 11 is 2.01. The lowest BCUT2D eigenvalue weighted by molar-refractivity contribution is -0.143. The van der Waals surface area contributed by atoms with Crippen LogP contribution < -0.4 is 0 Å². The number of carboxylic acid groups (broad SMARTS) is 1. The second-order valence-electron chi connectivity index (χ2n) is 5.28. The van der Waals surface area contributed by atoms with E-state index in [1.54, 1.807) is 20.1 Å². The molecule has 0 spiro atoms. The lowest BCUT2D eigenvalue weighted by atomic mass is 9.96. The van der Waals surface area contributed by atoms with E-state index in [-0.39, 0.29) is 27.9 Å². The van der Waals surface area contributed by atoms with Crippen LogP contribution in [0.5, 0.6) is 0 Å². The number of alkyl halides is 5. The van der Waals surface area contributed by atoms with Gasteiger partial charge in [0.1, 0.15) is 5.69 Å². The van der Waals surface area contributed by atoms with Crippen molar-refractivity contribution in [3.8, 4) is 0 Å². The average molecular weight is 389 g/mol. The van der Waals surface area contributed by atoms with Gasteiger partial charge in [0.15, 0.2) is 5.69 Å². The van der Waals surface area contributed by atoms with E-state index in [0.29, 0.717) is 0 Å². The number of carboxylic acids is 1. The third-order valence-corrected chi connectivity index (χ3v) is 5.04. The van der Waals surface area contributed by atoms with Crippen LogP contribution in [0, 0.1) is 5.92 Å². The molecule has 10 heteroatoms. The molecule has 1 rings (SSSR count). The van der Waals surface area contributed by atoms with Crippen LogP contribution in [-0.4, -0.2) is 27.4 Å². The highest BCUT2D eigenvalue weighted by atomic mass is 32.2. The molecular weight excluding hydrogens is 373 g/mol. The first-order valence-electron chi connectivity index (χ1n) is 6.77. The van der Waals surface area contributed by atoms with Crippen molar-refractivity contribution < 1.29 is 31.9 Å². The van der Waals surface area contributed by atoms with E-state index in [1.807, 2.05) is 0 Å². The third-order valence-electron chi connectivity index (χ3n) is 2.90. The Morgan fingerprint density at radius 2 is 1.88 bits per heavy atom. The predicted molar refractivity (Wildman–Crippen MR) is 83.9 cm³/mol. The molecule has 1 N–H and O–H groups in total. The minimum absolute atomic E-state index is 0.0658. The largest absolute Gasteiger partial charge is 0.478 e. The van der Waals surface area contributed by atoms with E-state index < -0.39 is 35.5 Å². The predicted octanol–water partition coefficient (Wildman–Crippen LogP) is 5.35. The fraction of sp³-hybridized carbons (Fsp3) is 0.571. The zero-order valence-electron chi connectivity index (χ0n) is 13.1. The van der Waals surface area contributed by atoms with Crippen LogP contribution in [0.25, 0.3) is 0 Å². The Labute approximate surface area is 144 Å². The lowest BCUT2D eigenvalue weighted by Crippen LogP contribution is -2.20. The van der Waals surface area contributed by atoms with Gasteiger partial charge in [0.2, 0.25) is 0 Å². The summed E-state index contributed by atoms with van der Waals surface area (Å²) in [6.07, 6.45) is -6.76. The average Bonchev–Trinajstić information content (AvgIpc) is 2.42. The van der Waals surface area contributed by atoms with Crippen LogP contribution in [0.1, 0.15) is 47.6 Å². The maximum Gasteiger partial charge on any atom is 0.434 e. The number of aromatic carboxylic acids is 1. The maximum atomic E-state index is 13.3. The summed E-state index contributed by atoms with van der Waals surface area (Å²) in [4.78, 5) is 14.1. The van der Waals surface area contributed by atoms with Crippen LogP contribution in [0.2, 0.25) is 0 Å². The first kappa shape index (κ1) is 21.0. The van der Waals surface area contributed by atoms with E-state index in [0.717, 1.165) is 11.8 Å². The number of pyridine rings is 1. The van der Waals surface area contributed by atoms with Gasteiger partial charge in [-0.3, -0.25) is 0 Å². The number of rotatable bonds is 7. The first-order valence-corrected chi connectivity index (χ1v) is 9.15. The van der Waals surface area contributed by atoms with Crippen molar-refractivity contribution in [2.24, 2.45) is 5.92 Å². The molecule has 0 radical (unpaired) electrons. The standard InChI is InChI=1S/C14H16F5NO2S2/c1-6(2)4-7-8(13(21)22)9(12(15)16)20-11(14(17,18)19)10(7)24-5-23-3/h6,12H,4-5H2,1-3H3,(H,21,22). The van der Waals surface area contributed by atoms with Gasteiger partial charge in [-0.2, -0.15) is 24.9 Å². The van der Waals surface area contributed by atoms with Crippen molar-refractivity contribution >= 4 is 29.5 Å². The normalized spacial score (nSPS) is 12.2. The van der Waals surface area contributed by atoms with Crippen molar-refractivity contribution in [3.63, 3.8) is 0 Å². The molecule has 0 bridgehead atoms. The Morgan fingerprint density at radius 3 is 2.25 bits per heavy atom. The second-order valence-corrected chi connectivity index (χ2v) is 7.50. The third kappa shape index (κ3) is 4.98. The molecule has 0 atom stereocenters. The summed E-state index contributed by atoms with van der Waals surface area (Å²) in [6, 6.07) is 0. The smallest absolute Gasteiger partial charge is 0.434 e. The topological polar surface area (TPSA) is 50.2 Å². The number of nitrogens with zero attached hydrogens (tertiary/aromatic N) is 1. The molecule has 0 fully saturated rings. The van der Waals surface area contributed by atoms with Crippen LogP contribution in [0.4, 0.5) is 22.0 Å². The van der Waals surface area contributed by atoms with E-state index in [1.165, 1.54) is 11.8 Å². The number of halogens is 5. The Hall–Kier alpha value is -1.03. The molecular formula is C14H16F5NO2S2. The van der Waals surface area contributed by atoms with Crippen LogP contribution in [0.3, 0.4) is 0 Å². The van der Waals surface area contributed by atoms with E-state index in [4.69, 9.17) is 0 Å². The minimum atomic E-state index is -4.95. The highest BCUT2D eigenvalue weighted by Crippen LogP contribution is 2.42. The summed E-state index contributed by atoms with van der Waals surface area (Å²) < 4.78 is 66.2. The number of hydrogen-bond donors (Lipinski definition) is 1. The number of aromatic nitrogens is 1. The van der Waals surface area contributed by atoms with Crippen molar-refractivity contribution in [1.29, 1.82) is 0 Å². The molecule has 0 aliphatic heterocycles. The van der Waals surface area contributed by atoms with Crippen molar-refractivity contribution in [2.45, 2.75) is 37.8 Å². The summed E-state index contributed by atoms with van der Waals surface area (Å²) in [7, 11) is 0. The van der Waals surface area contributed by atoms with E-state index in [2.05, 4.69) is 4.98 Å². The molecule has 1 heterocycles. The van der Waals surface area contributed by atoms with Gasteiger partial charge in [0.05, 0.1) is 5.56 Å². The fourth-order valence-electron chi connectivity index (χ4n) is 2.10. The van der Waals surface area contributed by atoms with E-state index in [9.17, 15) is 31.9 Å². The molecule has 0 aliphatic carbocycles. The molecule has 136 valence electrons. The lowest BCUT2D eigenvalue weighted by Gasteiger charge is -2.21. The zero-order valence-corrected chi connectivity index (χ0v) is 14.7. The van der Waals surface area contributed by atoms with Gasteiger partial charge < -0.3 is 5.11 Å². The quantitative estimate of drug-likeness (QED) is 0.387. The Balaban J connectivity index is 3.84. The van der Waals surface area contributed by atoms with Gasteiger partial charge in [-0.1, -0.05) is 13.8 Å². The van der Waals surface area contributed by atoms with Crippen LogP contribution in [0.15, 0.2) is 4.90 Å². The summed E-state index contributed by atoms with van der Waals surface area (Å²) in [6.45, 7) is 3.34.